The molecule has 10 heteroatoms. The van der Waals surface area contributed by atoms with Gasteiger partial charge < -0.3 is 10.4 Å². The van der Waals surface area contributed by atoms with Gasteiger partial charge in [-0.1, -0.05) is 0 Å². The van der Waals surface area contributed by atoms with Gasteiger partial charge >= 0.3 is 0 Å². The molecule has 3 N–H and O–H groups in total. The molecule has 2 fully saturated rings. The van der Waals surface area contributed by atoms with Gasteiger partial charge in [0.05, 0.1) is 5.69 Å². The summed E-state index contributed by atoms with van der Waals surface area (Å²) in [5.74, 6) is 0.484. The number of aromatic nitrogens is 4. The Bertz CT molecular complexity index is 831. The van der Waals surface area contributed by atoms with Crippen LogP contribution in [0.5, 0.6) is 0 Å². The van der Waals surface area contributed by atoms with Crippen molar-refractivity contribution >= 4 is 18.2 Å². The maximum absolute atomic E-state index is 12.4. The fraction of sp³-hybridized carbons (Fsp3) is 0.533. The van der Waals surface area contributed by atoms with E-state index in [2.05, 4.69) is 25.3 Å². The molecule has 2 aromatic heterocycles. The summed E-state index contributed by atoms with van der Waals surface area (Å²) in [5, 5.41) is 12.6. The van der Waals surface area contributed by atoms with E-state index in [0.29, 0.717) is 18.0 Å². The molecule has 0 aliphatic carbocycles. The van der Waals surface area contributed by atoms with E-state index < -0.39 is 5.54 Å². The molecule has 2 saturated heterocycles. The zero-order chi connectivity index (χ0) is 17.9. The molecule has 2 aromatic rings. The zero-order valence-electron chi connectivity index (χ0n) is 13.6. The van der Waals surface area contributed by atoms with Crippen molar-refractivity contribution in [3.05, 3.63) is 28.4 Å². The van der Waals surface area contributed by atoms with Crippen LogP contribution < -0.4 is 10.9 Å². The van der Waals surface area contributed by atoms with E-state index in [1.807, 2.05) is 0 Å². The number of rotatable bonds is 2. The van der Waals surface area contributed by atoms with Gasteiger partial charge in [-0.25, -0.2) is 9.97 Å². The summed E-state index contributed by atoms with van der Waals surface area (Å²) in [6, 6.07) is 1.51. The number of nitrogens with zero attached hydrogens (tertiary/aromatic N) is 4. The Kier molecular flexibility index (Phi) is 4.79. The Morgan fingerprint density at radius 2 is 2.08 bits per heavy atom. The molecule has 1 unspecified atom stereocenters. The molecule has 4 rings (SSSR count). The number of aromatic amines is 1. The second-order valence-electron chi connectivity index (χ2n) is 6.13. The van der Waals surface area contributed by atoms with Crippen molar-refractivity contribution in [3.63, 3.8) is 0 Å². The molecule has 1 atom stereocenters. The van der Waals surface area contributed by atoms with E-state index in [1.165, 1.54) is 16.9 Å². The molecule has 0 radical (unpaired) electrons. The Hall–Kier alpha value is -2.75. The third-order valence-corrected chi connectivity index (χ3v) is 4.77. The predicted molar refractivity (Wildman–Crippen MR) is 86.9 cm³/mol. The first kappa shape index (κ1) is 17.1. The second kappa shape index (κ2) is 7.01. The van der Waals surface area contributed by atoms with E-state index in [0.717, 1.165) is 38.8 Å². The van der Waals surface area contributed by atoms with Crippen molar-refractivity contribution < 1.29 is 14.7 Å². The van der Waals surface area contributed by atoms with E-state index in [-0.39, 0.29) is 17.9 Å². The number of amides is 1. The van der Waals surface area contributed by atoms with Gasteiger partial charge in [0.15, 0.2) is 0 Å². The standard InChI is InChI=1S/C14H18N6O2.CH2O2/c21-11-7-10(18-13-16-9-17-20(11)13)8-19-6-2-4-14(19)3-1-5-15-12(14)22;2-1-3/h7,9H,1-6,8H2,(H,15,22)(H,16,17,18);1H,(H,2,3). The number of carboxylic acid groups (broad SMARTS) is 1. The van der Waals surface area contributed by atoms with Gasteiger partial charge in [-0.2, -0.15) is 4.52 Å². The molecule has 4 heterocycles. The molecule has 10 nitrogen and oxygen atoms in total. The van der Waals surface area contributed by atoms with Gasteiger partial charge in [0.2, 0.25) is 5.91 Å². The minimum absolute atomic E-state index is 0.119. The number of piperidine rings is 1. The van der Waals surface area contributed by atoms with Crippen molar-refractivity contribution in [2.45, 2.75) is 37.8 Å². The smallest absolute Gasteiger partial charge is 0.290 e. The lowest BCUT2D eigenvalue weighted by Gasteiger charge is -2.39. The number of nitrogens with one attached hydrogen (secondary N) is 2. The van der Waals surface area contributed by atoms with E-state index in [4.69, 9.17) is 9.90 Å². The largest absolute Gasteiger partial charge is 0.483 e. The Balaban J connectivity index is 0.000000569. The highest BCUT2D eigenvalue weighted by Crippen LogP contribution is 2.36. The molecule has 0 saturated carbocycles. The van der Waals surface area contributed by atoms with Crippen LogP contribution in [0.25, 0.3) is 5.78 Å². The van der Waals surface area contributed by atoms with Crippen LogP contribution in [0.1, 0.15) is 31.4 Å². The number of fused-ring (bicyclic) bond motifs is 1. The molecule has 1 amide bonds. The van der Waals surface area contributed by atoms with Gasteiger partial charge in [-0.3, -0.25) is 24.4 Å². The van der Waals surface area contributed by atoms with Gasteiger partial charge in [-0.05, 0) is 32.2 Å². The molecule has 1 spiro atoms. The zero-order valence-corrected chi connectivity index (χ0v) is 13.6. The van der Waals surface area contributed by atoms with E-state index in [1.54, 1.807) is 0 Å². The number of likely N-dealkylation sites (tertiary alicyclic amines) is 1. The Labute approximate surface area is 142 Å². The highest BCUT2D eigenvalue weighted by atomic mass is 16.3. The van der Waals surface area contributed by atoms with Crippen LogP contribution in [0.2, 0.25) is 0 Å². The third kappa shape index (κ3) is 3.12. The maximum atomic E-state index is 12.4. The average Bonchev–Trinajstić information content (AvgIpc) is 3.20. The maximum Gasteiger partial charge on any atom is 0.290 e. The first-order chi connectivity index (χ1) is 12.1. The van der Waals surface area contributed by atoms with E-state index >= 15 is 0 Å². The molecule has 2 aliphatic rings. The summed E-state index contributed by atoms with van der Waals surface area (Å²) >= 11 is 0. The molecule has 0 aromatic carbocycles. The summed E-state index contributed by atoms with van der Waals surface area (Å²) in [6.45, 7) is 1.87. The normalized spacial score (nSPS) is 23.3. The highest BCUT2D eigenvalue weighted by Gasteiger charge is 2.48. The van der Waals surface area contributed by atoms with Crippen LogP contribution in [0, 0.1) is 0 Å². The van der Waals surface area contributed by atoms with Crippen molar-refractivity contribution in [3.8, 4) is 0 Å². The van der Waals surface area contributed by atoms with Crippen LogP contribution in [-0.4, -0.2) is 60.6 Å². The molecular formula is C15H20N6O4. The van der Waals surface area contributed by atoms with Crippen molar-refractivity contribution in [1.29, 1.82) is 0 Å². The second-order valence-corrected chi connectivity index (χ2v) is 6.13. The molecule has 0 bridgehead atoms. The van der Waals surface area contributed by atoms with E-state index in [9.17, 15) is 9.59 Å². The predicted octanol–water partition coefficient (Wildman–Crippen LogP) is -0.637. The SMILES string of the molecule is O=C1NCCCC12CCCN2Cc1cc(=O)n2[nH]cnc2n1.O=CO. The summed E-state index contributed by atoms with van der Waals surface area (Å²) in [4.78, 5) is 43.4. The first-order valence-electron chi connectivity index (χ1n) is 8.14. The Morgan fingerprint density at radius 1 is 1.32 bits per heavy atom. The summed E-state index contributed by atoms with van der Waals surface area (Å²) in [6.07, 6.45) is 5.19. The number of carbonyl (C=O) groups is 2. The number of hydrogen-bond donors (Lipinski definition) is 3. The Morgan fingerprint density at radius 3 is 2.84 bits per heavy atom. The first-order valence-corrected chi connectivity index (χ1v) is 8.14. The fourth-order valence-electron chi connectivity index (χ4n) is 3.71. The number of carbonyl (C=O) groups excluding carboxylic acids is 1. The van der Waals surface area contributed by atoms with Gasteiger partial charge in [0, 0.05) is 19.2 Å². The summed E-state index contributed by atoms with van der Waals surface area (Å²) < 4.78 is 1.30. The molecule has 25 heavy (non-hydrogen) atoms. The lowest BCUT2D eigenvalue weighted by atomic mass is 9.86. The van der Waals surface area contributed by atoms with Crippen LogP contribution in [0.15, 0.2) is 17.2 Å². The third-order valence-electron chi connectivity index (χ3n) is 4.77. The monoisotopic (exact) mass is 348 g/mol. The van der Waals surface area contributed by atoms with Gasteiger partial charge in [-0.15, -0.1) is 0 Å². The summed E-state index contributed by atoms with van der Waals surface area (Å²) in [7, 11) is 0. The number of H-pyrrole nitrogens is 1. The topological polar surface area (TPSA) is 133 Å². The summed E-state index contributed by atoms with van der Waals surface area (Å²) in [5.41, 5.74) is 0.0620. The van der Waals surface area contributed by atoms with Crippen molar-refractivity contribution in [2.75, 3.05) is 13.1 Å². The molecule has 134 valence electrons. The minimum atomic E-state index is -0.420. The minimum Gasteiger partial charge on any atom is -0.483 e. The molecule has 2 aliphatic heterocycles. The average molecular weight is 348 g/mol. The quantitative estimate of drug-likeness (QED) is 0.615. The van der Waals surface area contributed by atoms with Crippen LogP contribution in [-0.2, 0) is 16.1 Å². The van der Waals surface area contributed by atoms with Gasteiger partial charge in [0.25, 0.3) is 17.8 Å². The fourth-order valence-corrected chi connectivity index (χ4v) is 3.71. The van der Waals surface area contributed by atoms with Crippen LogP contribution >= 0.6 is 0 Å². The lowest BCUT2D eigenvalue weighted by molar-refractivity contribution is -0.135. The van der Waals surface area contributed by atoms with Crippen molar-refractivity contribution in [1.82, 2.24) is 29.8 Å². The van der Waals surface area contributed by atoms with Gasteiger partial charge in [0.1, 0.15) is 11.9 Å². The van der Waals surface area contributed by atoms with Crippen LogP contribution in [0.4, 0.5) is 0 Å². The van der Waals surface area contributed by atoms with Crippen LogP contribution in [0.3, 0.4) is 0 Å². The highest BCUT2D eigenvalue weighted by molar-refractivity contribution is 5.87. The lowest BCUT2D eigenvalue weighted by Crippen LogP contribution is -2.58. The molecular weight excluding hydrogens is 328 g/mol. The number of hydrogen-bond acceptors (Lipinski definition) is 6. The van der Waals surface area contributed by atoms with Crippen molar-refractivity contribution in [2.24, 2.45) is 0 Å².